The summed E-state index contributed by atoms with van der Waals surface area (Å²) in [6, 6.07) is 70.6. The molecule has 0 N–H and O–H groups in total. The van der Waals surface area contributed by atoms with Gasteiger partial charge in [-0.25, -0.2) is 0 Å². The van der Waals surface area contributed by atoms with E-state index >= 15 is 0 Å². The predicted molar refractivity (Wildman–Crippen MR) is 262 cm³/mol. The largest absolute Gasteiger partial charge is 0.256 e. The second kappa shape index (κ2) is 13.6. The zero-order valence-corrected chi connectivity index (χ0v) is 33.5. The molecule has 0 saturated heterocycles. The van der Waals surface area contributed by atoms with Gasteiger partial charge in [0.1, 0.15) is 0 Å². The van der Waals surface area contributed by atoms with E-state index in [-0.39, 0.29) is 0 Å². The van der Waals surface area contributed by atoms with E-state index in [1.54, 1.807) is 0 Å². The molecule has 10 aromatic carbocycles. The molecule has 0 aliphatic heterocycles. The summed E-state index contributed by atoms with van der Waals surface area (Å²) in [6.45, 7) is 0. The number of aromatic nitrogens is 3. The van der Waals surface area contributed by atoms with E-state index < -0.39 is 0 Å². The maximum atomic E-state index is 5.07. The molecule has 62 heavy (non-hydrogen) atoms. The minimum atomic E-state index is 0.980. The Morgan fingerprint density at radius 1 is 0.226 bits per heavy atom. The molecule has 0 fully saturated rings. The zero-order valence-electron chi connectivity index (χ0n) is 33.5. The summed E-state index contributed by atoms with van der Waals surface area (Å²) in [6.07, 6.45) is 5.71. The Morgan fingerprint density at radius 2 is 0.661 bits per heavy atom. The normalized spacial score (nSPS) is 11.9. The first kappa shape index (κ1) is 34.6. The Labute approximate surface area is 357 Å². The lowest BCUT2D eigenvalue weighted by molar-refractivity contribution is 1.33. The van der Waals surface area contributed by atoms with Gasteiger partial charge in [0, 0.05) is 46.1 Å². The van der Waals surface area contributed by atoms with E-state index in [4.69, 9.17) is 9.97 Å². The number of rotatable bonds is 4. The highest BCUT2D eigenvalue weighted by atomic mass is 14.7. The van der Waals surface area contributed by atoms with Crippen molar-refractivity contribution in [3.63, 3.8) is 0 Å². The van der Waals surface area contributed by atoms with Crippen molar-refractivity contribution in [1.29, 1.82) is 0 Å². The van der Waals surface area contributed by atoms with Crippen LogP contribution >= 0.6 is 0 Å². The monoisotopic (exact) mass is 785 g/mol. The first-order chi connectivity index (χ1) is 30.7. The van der Waals surface area contributed by atoms with Crippen LogP contribution in [0, 0.1) is 0 Å². The van der Waals surface area contributed by atoms with Gasteiger partial charge < -0.3 is 0 Å². The first-order valence-corrected chi connectivity index (χ1v) is 21.2. The lowest BCUT2D eigenvalue weighted by Crippen LogP contribution is -1.91. The van der Waals surface area contributed by atoms with E-state index in [1.165, 1.54) is 81.3 Å². The molecular weight excluding hydrogens is 751 g/mol. The average Bonchev–Trinajstić information content (AvgIpc) is 3.35. The molecule has 13 rings (SSSR count). The predicted octanol–water partition coefficient (Wildman–Crippen LogP) is 15.8. The van der Waals surface area contributed by atoms with Crippen LogP contribution in [0.3, 0.4) is 0 Å². The van der Waals surface area contributed by atoms with Gasteiger partial charge in [0.15, 0.2) is 0 Å². The van der Waals surface area contributed by atoms with Gasteiger partial charge in [-0.1, -0.05) is 146 Å². The van der Waals surface area contributed by atoms with E-state index in [2.05, 4.69) is 181 Å². The van der Waals surface area contributed by atoms with Gasteiger partial charge in [-0.3, -0.25) is 15.0 Å². The Bertz CT molecular complexity index is 3940. The van der Waals surface area contributed by atoms with Gasteiger partial charge in [0.2, 0.25) is 0 Å². The smallest absolute Gasteiger partial charge is 0.0786 e. The fourth-order valence-electron chi connectivity index (χ4n) is 10.1. The number of nitrogens with zero attached hydrogens (tertiary/aromatic N) is 3. The fraction of sp³-hybridized carbons (Fsp3) is 0. The Kier molecular flexibility index (Phi) is 7.60. The quantitative estimate of drug-likeness (QED) is 0.167. The average molecular weight is 786 g/mol. The molecule has 0 amide bonds. The number of hydrogen-bond donors (Lipinski definition) is 0. The second-order valence-electron chi connectivity index (χ2n) is 16.3. The third kappa shape index (κ3) is 5.28. The summed E-state index contributed by atoms with van der Waals surface area (Å²) >= 11 is 0. The van der Waals surface area contributed by atoms with Gasteiger partial charge in [-0.15, -0.1) is 0 Å². The van der Waals surface area contributed by atoms with Crippen LogP contribution < -0.4 is 0 Å². The molecule has 3 heteroatoms. The Morgan fingerprint density at radius 3 is 1.24 bits per heavy atom. The SMILES string of the molecule is c1ccc(-c2ccc3c4ccc(-c5ccnc6c(-c7ccc8c9ccc(-c%10cccc%11cccnc%10%11)cc9c9ccccc9c8c7)cccc56)cc4c4ccccc4c3c2)nc1. The van der Waals surface area contributed by atoms with Crippen molar-refractivity contribution in [3.05, 3.63) is 213 Å². The van der Waals surface area contributed by atoms with Gasteiger partial charge in [-0.05, 0) is 135 Å². The van der Waals surface area contributed by atoms with Gasteiger partial charge >= 0.3 is 0 Å². The van der Waals surface area contributed by atoms with Gasteiger partial charge in [0.25, 0.3) is 0 Å². The highest BCUT2D eigenvalue weighted by molar-refractivity contribution is 6.28. The van der Waals surface area contributed by atoms with Crippen molar-refractivity contribution in [2.45, 2.75) is 0 Å². The number of para-hydroxylation sites is 2. The highest BCUT2D eigenvalue weighted by Crippen LogP contribution is 2.43. The number of hydrogen-bond acceptors (Lipinski definition) is 3. The summed E-state index contributed by atoms with van der Waals surface area (Å²) in [4.78, 5) is 14.5. The topological polar surface area (TPSA) is 38.7 Å². The summed E-state index contributed by atoms with van der Waals surface area (Å²) < 4.78 is 0. The molecule has 3 aromatic heterocycles. The van der Waals surface area contributed by atoms with Crippen LogP contribution in [0.15, 0.2) is 213 Å². The number of benzene rings is 10. The van der Waals surface area contributed by atoms with Crippen LogP contribution in [-0.2, 0) is 0 Å². The third-order valence-corrected chi connectivity index (χ3v) is 13.0. The molecule has 3 nitrogen and oxygen atoms in total. The van der Waals surface area contributed by atoms with Crippen LogP contribution in [0.25, 0.3) is 131 Å². The second-order valence-corrected chi connectivity index (χ2v) is 16.3. The molecule has 286 valence electrons. The van der Waals surface area contributed by atoms with Crippen molar-refractivity contribution in [1.82, 2.24) is 15.0 Å². The van der Waals surface area contributed by atoms with Crippen LogP contribution in [0.4, 0.5) is 0 Å². The molecule has 0 radical (unpaired) electrons. The molecule has 0 spiro atoms. The summed E-state index contributed by atoms with van der Waals surface area (Å²) in [5, 5.41) is 17.2. The minimum absolute atomic E-state index is 0.980. The maximum Gasteiger partial charge on any atom is 0.0786 e. The molecule has 0 aliphatic rings. The van der Waals surface area contributed by atoms with Crippen molar-refractivity contribution in [2.24, 2.45) is 0 Å². The number of pyridine rings is 3. The van der Waals surface area contributed by atoms with Gasteiger partial charge in [0.05, 0.1) is 16.7 Å². The summed E-state index contributed by atoms with van der Waals surface area (Å²) in [5.41, 5.74) is 11.0. The molecule has 0 unspecified atom stereocenters. The van der Waals surface area contributed by atoms with Crippen LogP contribution in [0.2, 0.25) is 0 Å². The van der Waals surface area contributed by atoms with E-state index in [0.29, 0.717) is 0 Å². The summed E-state index contributed by atoms with van der Waals surface area (Å²) in [5.74, 6) is 0. The lowest BCUT2D eigenvalue weighted by atomic mass is 9.89. The Balaban J connectivity index is 0.954. The number of fused-ring (bicyclic) bond motifs is 14. The third-order valence-electron chi connectivity index (χ3n) is 13.0. The first-order valence-electron chi connectivity index (χ1n) is 21.2. The molecule has 13 aromatic rings. The molecule has 3 heterocycles. The summed E-state index contributed by atoms with van der Waals surface area (Å²) in [7, 11) is 0. The van der Waals surface area contributed by atoms with Gasteiger partial charge in [-0.2, -0.15) is 0 Å². The fourth-order valence-corrected chi connectivity index (χ4v) is 10.1. The van der Waals surface area contributed by atoms with Crippen molar-refractivity contribution in [2.75, 3.05) is 0 Å². The minimum Gasteiger partial charge on any atom is -0.256 e. The van der Waals surface area contributed by atoms with Crippen LogP contribution in [0.5, 0.6) is 0 Å². The zero-order chi connectivity index (χ0) is 40.7. The molecule has 0 saturated carbocycles. The van der Waals surface area contributed by atoms with Crippen LogP contribution in [-0.4, -0.2) is 15.0 Å². The van der Waals surface area contributed by atoms with E-state index in [0.717, 1.165) is 49.8 Å². The maximum absolute atomic E-state index is 5.07. The van der Waals surface area contributed by atoms with E-state index in [9.17, 15) is 0 Å². The molecular formula is C59H35N3. The lowest BCUT2D eigenvalue weighted by Gasteiger charge is -2.15. The van der Waals surface area contributed by atoms with E-state index in [1.807, 2.05) is 36.8 Å². The van der Waals surface area contributed by atoms with Crippen molar-refractivity contribution < 1.29 is 0 Å². The molecule has 0 aliphatic carbocycles. The molecule has 0 atom stereocenters. The molecule has 0 bridgehead atoms. The Hall–Kier alpha value is -8.27. The van der Waals surface area contributed by atoms with Crippen LogP contribution in [0.1, 0.15) is 0 Å². The van der Waals surface area contributed by atoms with Crippen molar-refractivity contribution in [3.8, 4) is 44.6 Å². The van der Waals surface area contributed by atoms with Crippen molar-refractivity contribution >= 4 is 86.4 Å². The highest BCUT2D eigenvalue weighted by Gasteiger charge is 2.17. The standard InChI is InChI=1S/C59H35N3/c1-2-13-45-44(12-1)54-33-38(42-16-7-10-36-11-9-30-61-58(36)42)21-25-49(54)50-26-22-39(34-55(45)50)43-17-8-18-52-41(28-31-62-59(43)52)37-20-24-48-51-27-23-40(57-19-5-6-29-60-57)35-56(51)47-15-4-3-14-46(47)53(48)32-37/h1-35H.